The molecule has 3 N–H and O–H groups in total. The summed E-state index contributed by atoms with van der Waals surface area (Å²) >= 11 is 12.2. The number of benzene rings is 1. The molecule has 1 aromatic heterocycles. The zero-order valence-corrected chi connectivity index (χ0v) is 21.1. The van der Waals surface area contributed by atoms with Crippen LogP contribution >= 0.6 is 35.6 Å². The van der Waals surface area contributed by atoms with Gasteiger partial charge < -0.3 is 20.7 Å². The van der Waals surface area contributed by atoms with Crippen LogP contribution in [0.4, 0.5) is 10.5 Å². The molecule has 0 bridgehead atoms. The van der Waals surface area contributed by atoms with Crippen LogP contribution in [0.3, 0.4) is 0 Å². The van der Waals surface area contributed by atoms with Crippen LogP contribution in [-0.4, -0.2) is 52.6 Å². The number of hydrogen-bond acceptors (Lipinski definition) is 7. The molecule has 0 spiro atoms. The first-order valence-electron chi connectivity index (χ1n) is 10.3. The molecule has 0 atom stereocenters. The molecular formula is C21H26Cl3N5O5. The normalized spacial score (nSPS) is 14.0. The van der Waals surface area contributed by atoms with E-state index in [1.165, 1.54) is 18.3 Å². The molecule has 1 aromatic carbocycles. The van der Waals surface area contributed by atoms with Crippen molar-refractivity contribution in [3.05, 3.63) is 45.7 Å². The third-order valence-electron chi connectivity index (χ3n) is 4.58. The summed E-state index contributed by atoms with van der Waals surface area (Å²) in [5.41, 5.74) is -0.900. The summed E-state index contributed by atoms with van der Waals surface area (Å²) in [6.45, 7) is 6.57. The molecule has 10 nitrogen and oxygen atoms in total. The molecule has 1 fully saturated rings. The van der Waals surface area contributed by atoms with Crippen molar-refractivity contribution in [3.63, 3.8) is 0 Å². The molecule has 2 heterocycles. The van der Waals surface area contributed by atoms with E-state index >= 15 is 0 Å². The van der Waals surface area contributed by atoms with E-state index in [0.29, 0.717) is 0 Å². The Morgan fingerprint density at radius 2 is 1.74 bits per heavy atom. The number of nitrogens with zero attached hydrogens (tertiary/aromatic N) is 2. The number of hydrogen-bond donors (Lipinski definition) is 3. The fraction of sp³-hybridized carbons (Fsp3) is 0.429. The number of carbonyl (C=O) groups is 3. The Hall–Kier alpha value is -2.53. The maximum absolute atomic E-state index is 12.9. The topological polar surface area (TPSA) is 124 Å². The molecular weight excluding hydrogens is 509 g/mol. The summed E-state index contributed by atoms with van der Waals surface area (Å²) in [6.07, 6.45) is 1.65. The SMILES string of the molecule is CC(C)(C)OC(=O)On1cc(NC(=O)c2c(Cl)cccc2Cl)c(C(=O)NC2CCNCC2)n1.Cl. The summed E-state index contributed by atoms with van der Waals surface area (Å²) in [6, 6.07) is 4.58. The average Bonchev–Trinajstić information content (AvgIpc) is 3.09. The highest BCUT2D eigenvalue weighted by Gasteiger charge is 2.26. The fourth-order valence-corrected chi connectivity index (χ4v) is 3.69. The average molecular weight is 535 g/mol. The lowest BCUT2D eigenvalue weighted by atomic mass is 10.1. The summed E-state index contributed by atoms with van der Waals surface area (Å²) in [7, 11) is 0. The number of ether oxygens (including phenoxy) is 1. The van der Waals surface area contributed by atoms with Gasteiger partial charge in [0, 0.05) is 6.04 Å². The summed E-state index contributed by atoms with van der Waals surface area (Å²) < 4.78 is 5.10. The Balaban J connectivity index is 0.00000408. The lowest BCUT2D eigenvalue weighted by molar-refractivity contribution is -0.0173. The molecule has 34 heavy (non-hydrogen) atoms. The maximum Gasteiger partial charge on any atom is 0.535 e. The van der Waals surface area contributed by atoms with Crippen molar-refractivity contribution in [2.24, 2.45) is 0 Å². The smallest absolute Gasteiger partial charge is 0.427 e. The maximum atomic E-state index is 12.9. The second kappa shape index (κ2) is 11.7. The second-order valence-corrected chi connectivity index (χ2v) is 9.21. The molecule has 1 aliphatic rings. The van der Waals surface area contributed by atoms with Crippen LogP contribution in [0.15, 0.2) is 24.4 Å². The molecule has 0 saturated carbocycles. The zero-order chi connectivity index (χ0) is 24.2. The molecule has 3 rings (SSSR count). The van der Waals surface area contributed by atoms with Crippen molar-refractivity contribution in [3.8, 4) is 0 Å². The number of halogens is 3. The highest BCUT2D eigenvalue weighted by atomic mass is 35.5. The van der Waals surface area contributed by atoms with Gasteiger partial charge in [0.2, 0.25) is 0 Å². The summed E-state index contributed by atoms with van der Waals surface area (Å²) in [5.74, 6) is -1.19. The van der Waals surface area contributed by atoms with Gasteiger partial charge in [0.15, 0.2) is 5.69 Å². The number of amides is 2. The van der Waals surface area contributed by atoms with E-state index in [0.717, 1.165) is 30.8 Å². The predicted molar refractivity (Wildman–Crippen MR) is 130 cm³/mol. The number of piperidine rings is 1. The van der Waals surface area contributed by atoms with Crippen LogP contribution in [-0.2, 0) is 4.74 Å². The lowest BCUT2D eigenvalue weighted by Gasteiger charge is -2.23. The Labute approximate surface area is 213 Å². The van der Waals surface area contributed by atoms with Gasteiger partial charge in [-0.2, -0.15) is 0 Å². The Kier molecular flexibility index (Phi) is 9.57. The molecule has 0 radical (unpaired) electrons. The number of carbonyl (C=O) groups excluding carboxylic acids is 3. The second-order valence-electron chi connectivity index (χ2n) is 8.40. The minimum absolute atomic E-state index is 0. The fourth-order valence-electron chi connectivity index (χ4n) is 3.12. The lowest BCUT2D eigenvalue weighted by Crippen LogP contribution is -2.43. The Morgan fingerprint density at radius 1 is 1.12 bits per heavy atom. The molecule has 186 valence electrons. The molecule has 0 unspecified atom stereocenters. The first-order chi connectivity index (χ1) is 15.5. The van der Waals surface area contributed by atoms with Gasteiger partial charge in [0.05, 0.1) is 27.5 Å². The Bertz CT molecular complexity index is 1030. The highest BCUT2D eigenvalue weighted by Crippen LogP contribution is 2.26. The minimum Gasteiger partial charge on any atom is -0.427 e. The van der Waals surface area contributed by atoms with Gasteiger partial charge in [-0.05, 0) is 58.8 Å². The van der Waals surface area contributed by atoms with Crippen molar-refractivity contribution in [2.75, 3.05) is 18.4 Å². The van der Waals surface area contributed by atoms with E-state index in [9.17, 15) is 14.4 Å². The minimum atomic E-state index is -1.03. The van der Waals surface area contributed by atoms with Gasteiger partial charge in [0.1, 0.15) is 5.60 Å². The first-order valence-corrected chi connectivity index (χ1v) is 11.1. The quantitative estimate of drug-likeness (QED) is 0.500. The third kappa shape index (κ3) is 7.49. The van der Waals surface area contributed by atoms with E-state index in [2.05, 4.69) is 21.0 Å². The number of anilines is 1. The van der Waals surface area contributed by atoms with Gasteiger partial charge >= 0.3 is 6.16 Å². The highest BCUT2D eigenvalue weighted by molar-refractivity contribution is 6.40. The molecule has 2 aromatic rings. The van der Waals surface area contributed by atoms with Crippen molar-refractivity contribution in [1.82, 2.24) is 20.6 Å². The van der Waals surface area contributed by atoms with Crippen molar-refractivity contribution in [1.29, 1.82) is 0 Å². The van der Waals surface area contributed by atoms with Gasteiger partial charge in [-0.3, -0.25) is 14.4 Å². The van der Waals surface area contributed by atoms with Crippen molar-refractivity contribution in [2.45, 2.75) is 45.3 Å². The predicted octanol–water partition coefficient (Wildman–Crippen LogP) is 3.71. The summed E-state index contributed by atoms with van der Waals surface area (Å²) in [5, 5.41) is 13.0. The van der Waals surface area contributed by atoms with Crippen LogP contribution in [0.2, 0.25) is 10.0 Å². The van der Waals surface area contributed by atoms with E-state index in [-0.39, 0.29) is 45.4 Å². The van der Waals surface area contributed by atoms with Crippen molar-refractivity contribution >= 4 is 59.3 Å². The van der Waals surface area contributed by atoms with Gasteiger partial charge in [-0.15, -0.1) is 17.5 Å². The van der Waals surface area contributed by atoms with Crippen LogP contribution in [0.5, 0.6) is 0 Å². The van der Waals surface area contributed by atoms with E-state index < -0.39 is 23.6 Å². The third-order valence-corrected chi connectivity index (χ3v) is 5.21. The van der Waals surface area contributed by atoms with Crippen LogP contribution in [0.25, 0.3) is 0 Å². The molecule has 13 heteroatoms. The molecule has 2 amide bonds. The first kappa shape index (κ1) is 27.7. The molecule has 1 saturated heterocycles. The number of aromatic nitrogens is 2. The van der Waals surface area contributed by atoms with Gasteiger partial charge in [0.25, 0.3) is 11.8 Å². The van der Waals surface area contributed by atoms with Gasteiger partial charge in [-0.25, -0.2) is 4.79 Å². The molecule has 1 aliphatic heterocycles. The zero-order valence-electron chi connectivity index (χ0n) is 18.8. The molecule has 0 aliphatic carbocycles. The monoisotopic (exact) mass is 533 g/mol. The Morgan fingerprint density at radius 3 is 2.32 bits per heavy atom. The summed E-state index contributed by atoms with van der Waals surface area (Å²) in [4.78, 5) is 43.6. The standard InChI is InChI=1S/C21H25Cl2N5O5.ClH/c1-21(2,3)32-20(31)33-28-11-15(26-18(29)16-13(22)5-4-6-14(16)23)17(27-28)19(30)25-12-7-9-24-10-8-12;/h4-6,11-12,24H,7-10H2,1-3H3,(H,25,30)(H,26,29);1H. The van der Waals surface area contributed by atoms with Crippen molar-refractivity contribution < 1.29 is 24.0 Å². The largest absolute Gasteiger partial charge is 0.535 e. The number of rotatable bonds is 5. The van der Waals surface area contributed by atoms with Gasteiger partial charge in [-0.1, -0.05) is 34.1 Å². The van der Waals surface area contributed by atoms with Crippen LogP contribution in [0.1, 0.15) is 54.5 Å². The van der Waals surface area contributed by atoms with E-state index in [4.69, 9.17) is 32.8 Å². The van der Waals surface area contributed by atoms with E-state index in [1.54, 1.807) is 26.8 Å². The number of nitrogens with one attached hydrogen (secondary N) is 3. The van der Waals surface area contributed by atoms with Crippen LogP contribution in [0, 0.1) is 0 Å². The van der Waals surface area contributed by atoms with E-state index in [1.807, 2.05) is 0 Å². The van der Waals surface area contributed by atoms with Crippen LogP contribution < -0.4 is 20.8 Å².